The summed E-state index contributed by atoms with van der Waals surface area (Å²) in [6.45, 7) is 1.06. The van der Waals surface area contributed by atoms with Gasteiger partial charge < -0.3 is 21.1 Å². The van der Waals surface area contributed by atoms with Crippen LogP contribution >= 0.6 is 0 Å². The molecule has 0 radical (unpaired) electrons. The molecular weight excluding hydrogens is 323 g/mol. The zero-order valence-corrected chi connectivity index (χ0v) is 14.1. The predicted molar refractivity (Wildman–Crippen MR) is 95.7 cm³/mol. The van der Waals surface area contributed by atoms with E-state index in [0.29, 0.717) is 18.7 Å². The second kappa shape index (κ2) is 7.76. The quantitative estimate of drug-likeness (QED) is 0.474. The lowest BCUT2D eigenvalue weighted by molar-refractivity contribution is 0.0948. The minimum absolute atomic E-state index is 0.0177. The van der Waals surface area contributed by atoms with Crippen molar-refractivity contribution in [3.8, 4) is 5.75 Å². The molecule has 0 heterocycles. The van der Waals surface area contributed by atoms with Crippen molar-refractivity contribution < 1.29 is 14.3 Å². The van der Waals surface area contributed by atoms with Crippen molar-refractivity contribution in [2.45, 2.75) is 0 Å². The van der Waals surface area contributed by atoms with Gasteiger partial charge in [0.05, 0.1) is 11.3 Å². The number of carbonyl (C=O) groups is 1. The highest BCUT2D eigenvalue weighted by Gasteiger charge is 2.17. The van der Waals surface area contributed by atoms with Crippen molar-refractivity contribution in [1.82, 2.24) is 10.2 Å². The topological polar surface area (TPSA) is 102 Å². The predicted octanol–water partition coefficient (Wildman–Crippen LogP) is 1.82. The summed E-state index contributed by atoms with van der Waals surface area (Å²) in [4.78, 5) is 14.2. The van der Waals surface area contributed by atoms with Crippen molar-refractivity contribution in [3.05, 3.63) is 58.9 Å². The molecule has 0 unspecified atom stereocenters. The standard InChI is InChI=1S/C18H21FN4O2/c1-23(2)7-6-22-18(25)14-9-13(15(20)10-16(14)24)17(21)11-4-3-5-12(19)8-11/h3-5,8-10,21,24H,6-7,20H2,1-2H3,(H,22,25). The molecule has 0 aliphatic carbocycles. The molecule has 132 valence electrons. The molecule has 1 amide bonds. The van der Waals surface area contributed by atoms with Gasteiger partial charge in [-0.2, -0.15) is 0 Å². The number of anilines is 1. The number of rotatable bonds is 6. The number of aromatic hydroxyl groups is 1. The van der Waals surface area contributed by atoms with Crippen LogP contribution in [-0.4, -0.2) is 48.8 Å². The van der Waals surface area contributed by atoms with Crippen LogP contribution in [-0.2, 0) is 0 Å². The summed E-state index contributed by atoms with van der Waals surface area (Å²) in [5, 5.41) is 20.9. The van der Waals surface area contributed by atoms with Gasteiger partial charge in [-0.25, -0.2) is 4.39 Å². The Morgan fingerprint density at radius 2 is 2.00 bits per heavy atom. The number of phenols is 1. The first-order chi connectivity index (χ1) is 11.8. The summed E-state index contributed by atoms with van der Waals surface area (Å²) < 4.78 is 13.4. The van der Waals surface area contributed by atoms with Gasteiger partial charge in [-0.1, -0.05) is 12.1 Å². The van der Waals surface area contributed by atoms with Crippen molar-refractivity contribution in [3.63, 3.8) is 0 Å². The fourth-order valence-electron chi connectivity index (χ4n) is 2.29. The minimum Gasteiger partial charge on any atom is -0.507 e. The SMILES string of the molecule is CN(C)CCNC(=O)c1cc(C(=N)c2cccc(F)c2)c(N)cc1O. The lowest BCUT2D eigenvalue weighted by Crippen LogP contribution is -2.31. The molecule has 0 saturated heterocycles. The number of benzene rings is 2. The van der Waals surface area contributed by atoms with Gasteiger partial charge >= 0.3 is 0 Å². The van der Waals surface area contributed by atoms with E-state index in [9.17, 15) is 14.3 Å². The van der Waals surface area contributed by atoms with Gasteiger partial charge in [-0.05, 0) is 32.3 Å². The van der Waals surface area contributed by atoms with Crippen LogP contribution in [0.15, 0.2) is 36.4 Å². The molecule has 0 aliphatic heterocycles. The van der Waals surface area contributed by atoms with E-state index in [0.717, 1.165) is 0 Å². The lowest BCUT2D eigenvalue weighted by Gasteiger charge is -2.14. The van der Waals surface area contributed by atoms with Crippen molar-refractivity contribution in [2.75, 3.05) is 32.9 Å². The first kappa shape index (κ1) is 18.4. The highest BCUT2D eigenvalue weighted by Crippen LogP contribution is 2.26. The Morgan fingerprint density at radius 1 is 1.28 bits per heavy atom. The monoisotopic (exact) mass is 344 g/mol. The third-order valence-corrected chi connectivity index (χ3v) is 3.64. The number of nitrogens with one attached hydrogen (secondary N) is 2. The van der Waals surface area contributed by atoms with Crippen molar-refractivity contribution in [1.29, 1.82) is 5.41 Å². The summed E-state index contributed by atoms with van der Waals surface area (Å²) in [5.74, 6) is -1.20. The van der Waals surface area contributed by atoms with Crippen molar-refractivity contribution >= 4 is 17.3 Å². The van der Waals surface area contributed by atoms with E-state index >= 15 is 0 Å². The number of hydrogen-bond acceptors (Lipinski definition) is 5. The molecule has 2 aromatic carbocycles. The largest absolute Gasteiger partial charge is 0.507 e. The molecule has 0 saturated carbocycles. The van der Waals surface area contributed by atoms with Crippen LogP contribution < -0.4 is 11.1 Å². The molecule has 0 aromatic heterocycles. The summed E-state index contributed by atoms with van der Waals surface area (Å²) >= 11 is 0. The van der Waals surface area contributed by atoms with Crippen LogP contribution in [0, 0.1) is 11.2 Å². The van der Waals surface area contributed by atoms with E-state index in [2.05, 4.69) is 5.32 Å². The number of carbonyl (C=O) groups excluding carboxylic acids is 1. The second-order valence-corrected chi connectivity index (χ2v) is 5.90. The summed E-state index contributed by atoms with van der Waals surface area (Å²) in [6, 6.07) is 8.14. The van der Waals surface area contributed by atoms with E-state index in [1.54, 1.807) is 6.07 Å². The van der Waals surface area contributed by atoms with Gasteiger partial charge in [0.1, 0.15) is 11.6 Å². The number of nitrogen functional groups attached to an aromatic ring is 1. The first-order valence-corrected chi connectivity index (χ1v) is 7.70. The van der Waals surface area contributed by atoms with Gasteiger partial charge in [0.25, 0.3) is 5.91 Å². The Kier molecular flexibility index (Phi) is 5.71. The van der Waals surface area contributed by atoms with Crippen LogP contribution in [0.25, 0.3) is 0 Å². The van der Waals surface area contributed by atoms with Crippen LogP contribution in [0.1, 0.15) is 21.5 Å². The average molecular weight is 344 g/mol. The Morgan fingerprint density at radius 3 is 2.64 bits per heavy atom. The fraction of sp³-hybridized carbons (Fsp3) is 0.222. The van der Waals surface area contributed by atoms with Crippen molar-refractivity contribution in [2.24, 2.45) is 0 Å². The number of phenolic OH excluding ortho intramolecular Hbond substituents is 1. The Labute approximate surface area is 145 Å². The number of nitrogens with two attached hydrogens (primary N) is 1. The van der Waals surface area contributed by atoms with E-state index in [1.165, 1.54) is 30.3 Å². The fourth-order valence-corrected chi connectivity index (χ4v) is 2.29. The molecule has 0 spiro atoms. The van der Waals surface area contributed by atoms with Gasteiger partial charge in [0, 0.05) is 36.0 Å². The highest BCUT2D eigenvalue weighted by atomic mass is 19.1. The maximum absolute atomic E-state index is 13.4. The van der Waals surface area contributed by atoms with Gasteiger partial charge in [-0.3, -0.25) is 10.2 Å². The smallest absolute Gasteiger partial charge is 0.255 e. The van der Waals surface area contributed by atoms with Gasteiger partial charge in [-0.15, -0.1) is 0 Å². The third-order valence-electron chi connectivity index (χ3n) is 3.64. The molecule has 2 aromatic rings. The molecule has 7 heteroatoms. The third kappa shape index (κ3) is 4.54. The Hall–Kier alpha value is -2.93. The van der Waals surface area contributed by atoms with E-state index in [1.807, 2.05) is 19.0 Å². The normalized spacial score (nSPS) is 10.7. The number of nitrogens with zero attached hydrogens (tertiary/aromatic N) is 1. The van der Waals surface area contributed by atoms with E-state index < -0.39 is 11.7 Å². The number of hydrogen-bond donors (Lipinski definition) is 4. The molecule has 0 fully saturated rings. The van der Waals surface area contributed by atoms with Crippen LogP contribution in [0.5, 0.6) is 5.75 Å². The molecule has 6 nitrogen and oxygen atoms in total. The van der Waals surface area contributed by atoms with Crippen LogP contribution in [0.4, 0.5) is 10.1 Å². The number of halogens is 1. The molecule has 2 rings (SSSR count). The molecule has 5 N–H and O–H groups in total. The lowest BCUT2D eigenvalue weighted by atomic mass is 9.98. The van der Waals surface area contributed by atoms with Crippen LogP contribution in [0.3, 0.4) is 0 Å². The maximum Gasteiger partial charge on any atom is 0.255 e. The summed E-state index contributed by atoms with van der Waals surface area (Å²) in [6.07, 6.45) is 0. The maximum atomic E-state index is 13.4. The van der Waals surface area contributed by atoms with Crippen LogP contribution in [0.2, 0.25) is 0 Å². The van der Waals surface area contributed by atoms with E-state index in [4.69, 9.17) is 11.1 Å². The Bertz CT molecular complexity index is 806. The highest BCUT2D eigenvalue weighted by molar-refractivity contribution is 6.15. The zero-order valence-electron chi connectivity index (χ0n) is 14.1. The molecular formula is C18H21FN4O2. The minimum atomic E-state index is -0.471. The molecule has 0 bridgehead atoms. The summed E-state index contributed by atoms with van der Waals surface area (Å²) in [7, 11) is 3.76. The first-order valence-electron chi connectivity index (χ1n) is 7.70. The number of amides is 1. The average Bonchev–Trinajstić information content (AvgIpc) is 2.54. The Balaban J connectivity index is 2.31. The van der Waals surface area contributed by atoms with Gasteiger partial charge in [0.15, 0.2) is 0 Å². The molecule has 25 heavy (non-hydrogen) atoms. The van der Waals surface area contributed by atoms with Gasteiger partial charge in [0.2, 0.25) is 0 Å². The van der Waals surface area contributed by atoms with E-state index in [-0.39, 0.29) is 28.3 Å². The molecule has 0 aliphatic rings. The summed E-state index contributed by atoms with van der Waals surface area (Å²) in [5.41, 5.74) is 6.58. The zero-order chi connectivity index (χ0) is 18.6. The molecule has 0 atom stereocenters. The second-order valence-electron chi connectivity index (χ2n) is 5.90. The number of likely N-dealkylation sites (N-methyl/N-ethyl adjacent to an activating group) is 1.